The molecule has 1 saturated carbocycles. The van der Waals surface area contributed by atoms with E-state index in [2.05, 4.69) is 17.1 Å². The summed E-state index contributed by atoms with van der Waals surface area (Å²) in [4.78, 5) is 16.8. The second-order valence-electron chi connectivity index (χ2n) is 5.49. The van der Waals surface area contributed by atoms with Crippen LogP contribution in [0.1, 0.15) is 24.6 Å². The fraction of sp³-hybridized carbons (Fsp3) is 0.263. The molecule has 3 heteroatoms. The number of hydrogen-bond donors (Lipinski definition) is 0. The van der Waals surface area contributed by atoms with Crippen LogP contribution in [-0.2, 0) is 14.9 Å². The van der Waals surface area contributed by atoms with Crippen LogP contribution in [-0.4, -0.2) is 17.6 Å². The van der Waals surface area contributed by atoms with Crippen LogP contribution in [0.2, 0.25) is 0 Å². The Kier molecular flexibility index (Phi) is 4.05. The molecule has 2 atom stereocenters. The maximum atomic E-state index is 12.5. The van der Waals surface area contributed by atoms with Gasteiger partial charge in [0.2, 0.25) is 0 Å². The number of esters is 1. The molecule has 0 aliphatic heterocycles. The number of aromatic nitrogens is 1. The number of pyridine rings is 1. The predicted octanol–water partition coefficient (Wildman–Crippen LogP) is 3.62. The molecule has 0 bridgehead atoms. The second-order valence-corrected chi connectivity index (χ2v) is 5.49. The van der Waals surface area contributed by atoms with Gasteiger partial charge in [0.25, 0.3) is 0 Å². The number of ether oxygens (including phenoxy) is 1. The zero-order valence-corrected chi connectivity index (χ0v) is 12.6. The molecule has 3 rings (SSSR count). The van der Waals surface area contributed by atoms with Crippen molar-refractivity contribution in [3.63, 3.8) is 0 Å². The molecule has 1 aromatic heterocycles. The smallest absolute Gasteiger partial charge is 0.318 e. The zero-order valence-electron chi connectivity index (χ0n) is 12.6. The van der Waals surface area contributed by atoms with Gasteiger partial charge in [-0.3, -0.25) is 9.78 Å². The van der Waals surface area contributed by atoms with Crippen LogP contribution >= 0.6 is 0 Å². The van der Waals surface area contributed by atoms with Gasteiger partial charge in [-0.05, 0) is 31.0 Å². The molecule has 2 aromatic rings. The number of allylic oxidation sites excluding steroid dienone is 1. The van der Waals surface area contributed by atoms with Gasteiger partial charge < -0.3 is 4.74 Å². The molecule has 0 radical (unpaired) electrons. The highest BCUT2D eigenvalue weighted by Crippen LogP contribution is 2.55. The zero-order chi connectivity index (χ0) is 15.4. The summed E-state index contributed by atoms with van der Waals surface area (Å²) in [6, 6.07) is 15.8. The summed E-state index contributed by atoms with van der Waals surface area (Å²) in [7, 11) is 0. The molecular formula is C19H19NO2. The Morgan fingerprint density at radius 3 is 2.73 bits per heavy atom. The maximum Gasteiger partial charge on any atom is 0.318 e. The van der Waals surface area contributed by atoms with Gasteiger partial charge in [0.1, 0.15) is 5.41 Å². The Bertz CT molecular complexity index is 666. The minimum atomic E-state index is -0.609. The molecule has 1 heterocycles. The lowest BCUT2D eigenvalue weighted by molar-refractivity contribution is -0.146. The van der Waals surface area contributed by atoms with Gasteiger partial charge in [-0.1, -0.05) is 48.6 Å². The van der Waals surface area contributed by atoms with Crippen molar-refractivity contribution in [2.75, 3.05) is 6.61 Å². The molecule has 0 spiro atoms. The van der Waals surface area contributed by atoms with Gasteiger partial charge in [-0.15, -0.1) is 0 Å². The Morgan fingerprint density at radius 2 is 2.05 bits per heavy atom. The van der Waals surface area contributed by atoms with E-state index in [1.807, 2.05) is 55.5 Å². The Morgan fingerprint density at radius 1 is 1.27 bits per heavy atom. The van der Waals surface area contributed by atoms with E-state index in [9.17, 15) is 4.79 Å². The van der Waals surface area contributed by atoms with Gasteiger partial charge in [-0.2, -0.15) is 0 Å². The minimum Gasteiger partial charge on any atom is -0.465 e. The summed E-state index contributed by atoms with van der Waals surface area (Å²) < 4.78 is 5.29. The number of carbonyl (C=O) groups excluding carboxylic acids is 1. The SMILES string of the molecule is CCOC(=O)C1(c2ccccn2)CC1/C=C/c1ccccc1. The number of rotatable bonds is 5. The topological polar surface area (TPSA) is 39.2 Å². The quantitative estimate of drug-likeness (QED) is 0.790. The van der Waals surface area contributed by atoms with Crippen LogP contribution in [0.5, 0.6) is 0 Å². The van der Waals surface area contributed by atoms with Crippen molar-refractivity contribution in [3.05, 3.63) is 72.1 Å². The van der Waals surface area contributed by atoms with Gasteiger partial charge in [-0.25, -0.2) is 0 Å². The highest BCUT2D eigenvalue weighted by Gasteiger charge is 2.62. The molecule has 1 fully saturated rings. The van der Waals surface area contributed by atoms with E-state index < -0.39 is 5.41 Å². The average Bonchev–Trinajstić information content (AvgIpc) is 3.31. The lowest BCUT2D eigenvalue weighted by Crippen LogP contribution is -2.26. The highest BCUT2D eigenvalue weighted by atomic mass is 16.5. The first-order chi connectivity index (χ1) is 10.8. The van der Waals surface area contributed by atoms with Gasteiger partial charge in [0, 0.05) is 12.1 Å². The number of carbonyl (C=O) groups is 1. The standard InChI is InChI=1S/C19H19NO2/c1-2-22-18(21)19(17-10-6-7-13-20-17)14-16(19)12-11-15-8-4-3-5-9-15/h3-13,16H,2,14H2,1H3/b12-11+. The van der Waals surface area contributed by atoms with Crippen LogP contribution in [0.15, 0.2) is 60.8 Å². The number of nitrogens with zero attached hydrogens (tertiary/aromatic N) is 1. The number of hydrogen-bond acceptors (Lipinski definition) is 3. The number of benzene rings is 1. The third-order valence-electron chi connectivity index (χ3n) is 4.10. The molecule has 2 unspecified atom stereocenters. The summed E-state index contributed by atoms with van der Waals surface area (Å²) in [6.45, 7) is 2.23. The van der Waals surface area contributed by atoms with Crippen molar-refractivity contribution in [2.24, 2.45) is 5.92 Å². The molecule has 22 heavy (non-hydrogen) atoms. The summed E-state index contributed by atoms with van der Waals surface area (Å²) in [5, 5.41) is 0. The van der Waals surface area contributed by atoms with Crippen molar-refractivity contribution < 1.29 is 9.53 Å². The molecule has 0 saturated heterocycles. The summed E-state index contributed by atoms with van der Waals surface area (Å²) >= 11 is 0. The third-order valence-corrected chi connectivity index (χ3v) is 4.10. The van der Waals surface area contributed by atoms with Crippen molar-refractivity contribution in [1.29, 1.82) is 0 Å². The Hall–Kier alpha value is -2.42. The first-order valence-corrected chi connectivity index (χ1v) is 7.59. The van der Waals surface area contributed by atoms with Gasteiger partial charge >= 0.3 is 5.97 Å². The van der Waals surface area contributed by atoms with Crippen LogP contribution < -0.4 is 0 Å². The molecule has 1 aliphatic carbocycles. The van der Waals surface area contributed by atoms with Crippen molar-refractivity contribution >= 4 is 12.0 Å². The minimum absolute atomic E-state index is 0.140. The Balaban J connectivity index is 1.84. The van der Waals surface area contributed by atoms with E-state index >= 15 is 0 Å². The van der Waals surface area contributed by atoms with E-state index in [0.717, 1.165) is 17.7 Å². The predicted molar refractivity (Wildman–Crippen MR) is 86.1 cm³/mol. The monoisotopic (exact) mass is 293 g/mol. The lowest BCUT2D eigenvalue weighted by Gasteiger charge is -2.14. The van der Waals surface area contributed by atoms with E-state index in [-0.39, 0.29) is 11.9 Å². The molecule has 1 aliphatic rings. The Labute approximate surface area is 130 Å². The van der Waals surface area contributed by atoms with Gasteiger partial charge in [0.15, 0.2) is 0 Å². The van der Waals surface area contributed by atoms with Crippen LogP contribution in [0.3, 0.4) is 0 Å². The van der Waals surface area contributed by atoms with Crippen LogP contribution in [0.4, 0.5) is 0 Å². The second kappa shape index (κ2) is 6.14. The normalized spacial score (nSPS) is 23.4. The van der Waals surface area contributed by atoms with E-state index in [4.69, 9.17) is 4.74 Å². The third kappa shape index (κ3) is 2.67. The van der Waals surface area contributed by atoms with Gasteiger partial charge in [0.05, 0.1) is 12.3 Å². The van der Waals surface area contributed by atoms with E-state index in [1.165, 1.54) is 0 Å². The lowest BCUT2D eigenvalue weighted by atomic mass is 9.98. The van der Waals surface area contributed by atoms with Crippen molar-refractivity contribution in [3.8, 4) is 0 Å². The van der Waals surface area contributed by atoms with Crippen LogP contribution in [0.25, 0.3) is 6.08 Å². The molecule has 0 amide bonds. The molecule has 1 aromatic carbocycles. The fourth-order valence-corrected chi connectivity index (χ4v) is 2.83. The maximum absolute atomic E-state index is 12.5. The van der Waals surface area contributed by atoms with Crippen LogP contribution in [0, 0.1) is 5.92 Å². The summed E-state index contributed by atoms with van der Waals surface area (Å²) in [5.41, 5.74) is 1.33. The van der Waals surface area contributed by atoms with Crippen molar-refractivity contribution in [1.82, 2.24) is 4.98 Å². The fourth-order valence-electron chi connectivity index (χ4n) is 2.83. The van der Waals surface area contributed by atoms with E-state index in [1.54, 1.807) is 6.20 Å². The first kappa shape index (κ1) is 14.5. The summed E-state index contributed by atoms with van der Waals surface area (Å²) in [5.74, 6) is -0.0296. The molecule has 3 nitrogen and oxygen atoms in total. The molecular weight excluding hydrogens is 274 g/mol. The summed E-state index contributed by atoms with van der Waals surface area (Å²) in [6.07, 6.45) is 6.65. The van der Waals surface area contributed by atoms with E-state index in [0.29, 0.717) is 6.61 Å². The first-order valence-electron chi connectivity index (χ1n) is 7.59. The molecule has 0 N–H and O–H groups in total. The largest absolute Gasteiger partial charge is 0.465 e. The average molecular weight is 293 g/mol. The molecule has 112 valence electrons. The van der Waals surface area contributed by atoms with Crippen molar-refractivity contribution in [2.45, 2.75) is 18.8 Å². The highest BCUT2D eigenvalue weighted by molar-refractivity contribution is 5.87.